The van der Waals surface area contributed by atoms with E-state index < -0.39 is 0 Å². The lowest BCUT2D eigenvalue weighted by molar-refractivity contribution is -0.122. The molecule has 1 amide bonds. The summed E-state index contributed by atoms with van der Waals surface area (Å²) in [6.45, 7) is 4.80. The Morgan fingerprint density at radius 3 is 2.57 bits per heavy atom. The van der Waals surface area contributed by atoms with E-state index in [0.29, 0.717) is 5.70 Å². The van der Waals surface area contributed by atoms with Crippen LogP contribution >= 0.6 is 0 Å². The summed E-state index contributed by atoms with van der Waals surface area (Å²) in [4.78, 5) is 21.5. The molecule has 144 valence electrons. The van der Waals surface area contributed by atoms with Crippen molar-refractivity contribution in [2.45, 2.75) is 39.2 Å². The summed E-state index contributed by atoms with van der Waals surface area (Å²) < 4.78 is 0. The summed E-state index contributed by atoms with van der Waals surface area (Å²) in [5.41, 5.74) is 4.08. The maximum Gasteiger partial charge on any atom is 0.277 e. The molecule has 2 heterocycles. The third-order valence-corrected chi connectivity index (χ3v) is 5.47. The number of hydrogen-bond acceptors (Lipinski definition) is 3. The van der Waals surface area contributed by atoms with Gasteiger partial charge in [0.2, 0.25) is 0 Å². The van der Waals surface area contributed by atoms with Crippen molar-refractivity contribution in [3.63, 3.8) is 0 Å². The van der Waals surface area contributed by atoms with Gasteiger partial charge in [0.05, 0.1) is 0 Å². The van der Waals surface area contributed by atoms with Gasteiger partial charge in [-0.25, -0.2) is 4.99 Å². The van der Waals surface area contributed by atoms with Crippen LogP contribution in [0.2, 0.25) is 0 Å². The summed E-state index contributed by atoms with van der Waals surface area (Å²) in [6.07, 6.45) is 6.20. The number of amides is 1. The van der Waals surface area contributed by atoms with Gasteiger partial charge in [0.15, 0.2) is 0 Å². The van der Waals surface area contributed by atoms with Crippen LogP contribution in [-0.4, -0.2) is 29.7 Å². The second-order valence-corrected chi connectivity index (χ2v) is 7.42. The number of rotatable bonds is 5. The lowest BCUT2D eigenvalue weighted by Gasteiger charge is -2.23. The number of hydrogen-bond donors (Lipinski definition) is 0. The Morgan fingerprint density at radius 2 is 1.82 bits per heavy atom. The van der Waals surface area contributed by atoms with Gasteiger partial charge in [-0.3, -0.25) is 9.69 Å². The molecule has 0 bridgehead atoms. The Balaban J connectivity index is 1.50. The first-order valence-electron chi connectivity index (χ1n) is 10.2. The average molecular weight is 374 g/mol. The number of amidine groups is 1. The number of nitrogens with zero attached hydrogens (tertiary/aromatic N) is 3. The van der Waals surface area contributed by atoms with Gasteiger partial charge >= 0.3 is 0 Å². The highest BCUT2D eigenvalue weighted by Crippen LogP contribution is 2.25. The van der Waals surface area contributed by atoms with Crippen LogP contribution < -0.4 is 4.90 Å². The fourth-order valence-electron chi connectivity index (χ4n) is 3.88. The van der Waals surface area contributed by atoms with Crippen LogP contribution in [0.5, 0.6) is 0 Å². The Hall–Kier alpha value is -2.88. The predicted octanol–water partition coefficient (Wildman–Crippen LogP) is 4.87. The van der Waals surface area contributed by atoms with E-state index in [-0.39, 0.29) is 5.91 Å². The van der Waals surface area contributed by atoms with Crippen molar-refractivity contribution in [2.24, 2.45) is 4.99 Å². The normalized spacial score (nSPS) is 18.0. The molecule has 0 atom stereocenters. The Kier molecular flexibility index (Phi) is 5.56. The zero-order valence-electron chi connectivity index (χ0n) is 16.5. The summed E-state index contributed by atoms with van der Waals surface area (Å²) in [5.74, 6) is 1.01. The van der Waals surface area contributed by atoms with Gasteiger partial charge in [0.25, 0.3) is 5.91 Å². The van der Waals surface area contributed by atoms with Crippen molar-refractivity contribution in [1.82, 2.24) is 4.90 Å². The molecule has 2 aliphatic heterocycles. The van der Waals surface area contributed by atoms with Crippen molar-refractivity contribution in [3.05, 3.63) is 71.4 Å². The topological polar surface area (TPSA) is 35.9 Å². The minimum absolute atomic E-state index is 0.0558. The zero-order valence-corrected chi connectivity index (χ0v) is 16.5. The molecule has 1 fully saturated rings. The van der Waals surface area contributed by atoms with Crippen molar-refractivity contribution >= 4 is 23.5 Å². The number of aliphatic imine (C=N–C) groups is 1. The first-order chi connectivity index (χ1) is 13.7. The molecule has 2 aliphatic rings. The SMILES string of the molecule is CCN(Cc1ccccc1)c1ccc(/C=C2/N=C3CCCCCN3C2=O)cc1. The fraction of sp³-hybridized carbons (Fsp3) is 0.333. The highest BCUT2D eigenvalue weighted by atomic mass is 16.2. The molecule has 0 aromatic heterocycles. The second kappa shape index (κ2) is 8.42. The lowest BCUT2D eigenvalue weighted by Crippen LogP contribution is -2.31. The highest BCUT2D eigenvalue weighted by Gasteiger charge is 2.30. The van der Waals surface area contributed by atoms with E-state index in [0.717, 1.165) is 50.3 Å². The number of carbonyl (C=O) groups excluding carboxylic acids is 1. The van der Waals surface area contributed by atoms with Crippen molar-refractivity contribution < 1.29 is 4.79 Å². The first-order valence-corrected chi connectivity index (χ1v) is 10.2. The molecule has 0 radical (unpaired) electrons. The van der Waals surface area contributed by atoms with Crippen LogP contribution in [0.1, 0.15) is 43.7 Å². The van der Waals surface area contributed by atoms with Gasteiger partial charge in [-0.05, 0) is 49.1 Å². The largest absolute Gasteiger partial charge is 0.367 e. The number of carbonyl (C=O) groups is 1. The molecular formula is C24H27N3O. The molecular weight excluding hydrogens is 346 g/mol. The monoisotopic (exact) mass is 373 g/mol. The van der Waals surface area contributed by atoms with Crippen LogP contribution in [0.25, 0.3) is 6.08 Å². The van der Waals surface area contributed by atoms with Crippen LogP contribution in [0.4, 0.5) is 5.69 Å². The predicted molar refractivity (Wildman–Crippen MR) is 115 cm³/mol. The van der Waals surface area contributed by atoms with E-state index in [4.69, 9.17) is 0 Å². The van der Waals surface area contributed by atoms with Gasteiger partial charge in [-0.1, -0.05) is 48.9 Å². The van der Waals surface area contributed by atoms with E-state index in [1.807, 2.05) is 17.0 Å². The standard InChI is InChI=1S/C24H27N3O/c1-2-26(18-20-9-5-3-6-10-20)21-14-12-19(13-15-21)17-22-24(28)27-16-8-4-7-11-23(27)25-22/h3,5-6,9-10,12-15,17H,2,4,7-8,11,16,18H2,1H3/b22-17+. The molecule has 0 aliphatic carbocycles. The Morgan fingerprint density at radius 1 is 1.04 bits per heavy atom. The fourth-order valence-corrected chi connectivity index (χ4v) is 3.88. The van der Waals surface area contributed by atoms with Crippen LogP contribution in [0.15, 0.2) is 65.3 Å². The van der Waals surface area contributed by atoms with Crippen LogP contribution in [-0.2, 0) is 11.3 Å². The zero-order chi connectivity index (χ0) is 19.3. The minimum atomic E-state index is 0.0558. The summed E-state index contributed by atoms with van der Waals surface area (Å²) in [7, 11) is 0. The van der Waals surface area contributed by atoms with Crippen LogP contribution in [0.3, 0.4) is 0 Å². The summed E-state index contributed by atoms with van der Waals surface area (Å²) in [5, 5.41) is 0. The maximum absolute atomic E-state index is 12.7. The maximum atomic E-state index is 12.7. The van der Waals surface area contributed by atoms with E-state index in [1.54, 1.807) is 0 Å². The molecule has 1 saturated heterocycles. The third kappa shape index (κ3) is 4.01. The van der Waals surface area contributed by atoms with E-state index in [2.05, 4.69) is 65.3 Å². The third-order valence-electron chi connectivity index (χ3n) is 5.47. The molecule has 4 rings (SSSR count). The minimum Gasteiger partial charge on any atom is -0.367 e. The van der Waals surface area contributed by atoms with Gasteiger partial charge in [-0.15, -0.1) is 0 Å². The molecule has 2 aromatic carbocycles. The number of benzene rings is 2. The molecule has 28 heavy (non-hydrogen) atoms. The molecule has 0 saturated carbocycles. The summed E-state index contributed by atoms with van der Waals surface area (Å²) >= 11 is 0. The second-order valence-electron chi connectivity index (χ2n) is 7.42. The van der Waals surface area contributed by atoms with Crippen LogP contribution in [0, 0.1) is 0 Å². The molecule has 0 spiro atoms. The first kappa shape index (κ1) is 18.5. The molecule has 2 aromatic rings. The van der Waals surface area contributed by atoms with Crippen molar-refractivity contribution in [1.29, 1.82) is 0 Å². The smallest absolute Gasteiger partial charge is 0.277 e. The van der Waals surface area contributed by atoms with E-state index >= 15 is 0 Å². The molecule has 0 N–H and O–H groups in total. The number of anilines is 1. The van der Waals surface area contributed by atoms with Gasteiger partial charge < -0.3 is 4.90 Å². The highest BCUT2D eigenvalue weighted by molar-refractivity contribution is 6.14. The number of fused-ring (bicyclic) bond motifs is 1. The van der Waals surface area contributed by atoms with Crippen molar-refractivity contribution in [3.8, 4) is 0 Å². The average Bonchev–Trinajstić information content (AvgIpc) is 2.89. The quantitative estimate of drug-likeness (QED) is 0.701. The van der Waals surface area contributed by atoms with E-state index in [9.17, 15) is 4.79 Å². The molecule has 0 unspecified atom stereocenters. The Labute approximate surface area is 167 Å². The van der Waals surface area contributed by atoms with Crippen molar-refractivity contribution in [2.75, 3.05) is 18.0 Å². The van der Waals surface area contributed by atoms with Gasteiger partial charge in [0.1, 0.15) is 11.5 Å². The van der Waals surface area contributed by atoms with Gasteiger partial charge in [0, 0.05) is 31.7 Å². The van der Waals surface area contributed by atoms with E-state index in [1.165, 1.54) is 17.7 Å². The lowest BCUT2D eigenvalue weighted by atomic mass is 10.1. The summed E-state index contributed by atoms with van der Waals surface area (Å²) in [6, 6.07) is 18.9. The molecule has 4 heteroatoms. The van der Waals surface area contributed by atoms with Gasteiger partial charge in [-0.2, -0.15) is 0 Å². The molecule has 4 nitrogen and oxygen atoms in total. The Bertz CT molecular complexity index is 884.